The predicted octanol–water partition coefficient (Wildman–Crippen LogP) is 7.07. The Labute approximate surface area is 249 Å². The van der Waals surface area contributed by atoms with Gasteiger partial charge in [-0.05, 0) is 74.1 Å². The summed E-state index contributed by atoms with van der Waals surface area (Å²) in [5, 5.41) is 0. The first-order chi connectivity index (χ1) is 20.7. The smallest absolute Gasteiger partial charge is 0.416 e. The molecule has 1 atom stereocenters. The minimum atomic E-state index is -4.46. The van der Waals surface area contributed by atoms with E-state index < -0.39 is 11.7 Å². The van der Waals surface area contributed by atoms with Crippen molar-refractivity contribution in [3.8, 4) is 23.1 Å². The molecule has 2 aliphatic rings. The van der Waals surface area contributed by atoms with Gasteiger partial charge in [-0.1, -0.05) is 18.2 Å². The van der Waals surface area contributed by atoms with E-state index in [4.69, 9.17) is 23.9 Å². The summed E-state index contributed by atoms with van der Waals surface area (Å²) in [6.45, 7) is 0.290. The van der Waals surface area contributed by atoms with Gasteiger partial charge in [0.05, 0.1) is 44.7 Å². The Balaban J connectivity index is 1.53. The maximum absolute atomic E-state index is 13.4. The molecule has 1 aliphatic heterocycles. The summed E-state index contributed by atoms with van der Waals surface area (Å²) >= 11 is 0. The van der Waals surface area contributed by atoms with Gasteiger partial charge >= 0.3 is 6.18 Å². The second-order valence-electron chi connectivity index (χ2n) is 10.7. The largest absolute Gasteiger partial charge is 0.497 e. The molecule has 0 spiro atoms. The molecule has 2 heterocycles. The number of amides is 1. The molecular formula is C33H35F3N2O5. The van der Waals surface area contributed by atoms with E-state index in [9.17, 15) is 18.0 Å². The van der Waals surface area contributed by atoms with E-state index in [-0.39, 0.29) is 18.1 Å². The molecule has 2 fully saturated rings. The van der Waals surface area contributed by atoms with Gasteiger partial charge in [0.1, 0.15) is 11.5 Å². The number of ether oxygens (including phenoxy) is 4. The molecule has 1 amide bonds. The van der Waals surface area contributed by atoms with E-state index >= 15 is 0 Å². The Morgan fingerprint density at radius 1 is 0.930 bits per heavy atom. The number of carbonyl (C=O) groups is 1. The van der Waals surface area contributed by atoms with Gasteiger partial charge in [0.2, 0.25) is 5.91 Å². The van der Waals surface area contributed by atoms with Crippen molar-refractivity contribution >= 4 is 11.5 Å². The van der Waals surface area contributed by atoms with Crippen molar-refractivity contribution in [2.75, 3.05) is 21.3 Å². The Morgan fingerprint density at radius 2 is 1.67 bits per heavy atom. The molecule has 10 heteroatoms. The van der Waals surface area contributed by atoms with Crippen molar-refractivity contribution in [3.05, 3.63) is 83.1 Å². The van der Waals surface area contributed by atoms with Crippen LogP contribution in [0.1, 0.15) is 60.9 Å². The molecule has 5 rings (SSSR count). The highest BCUT2D eigenvalue weighted by Gasteiger charge is 2.32. The molecule has 0 unspecified atom stereocenters. The molecule has 1 aliphatic carbocycles. The third-order valence-electron chi connectivity index (χ3n) is 7.98. The van der Waals surface area contributed by atoms with Crippen LogP contribution in [-0.2, 0) is 17.5 Å². The van der Waals surface area contributed by atoms with Crippen molar-refractivity contribution in [1.29, 1.82) is 0 Å². The van der Waals surface area contributed by atoms with Crippen molar-refractivity contribution in [1.82, 2.24) is 9.88 Å². The lowest BCUT2D eigenvalue weighted by Crippen LogP contribution is -2.31. The number of alkyl halides is 3. The number of nitrogens with zero attached hydrogens (tertiary/aromatic N) is 2. The summed E-state index contributed by atoms with van der Waals surface area (Å²) in [4.78, 5) is 19.6. The lowest BCUT2D eigenvalue weighted by atomic mass is 9.97. The lowest BCUT2D eigenvalue weighted by Gasteiger charge is -2.25. The van der Waals surface area contributed by atoms with Crippen LogP contribution < -0.4 is 18.9 Å². The number of rotatable bonds is 10. The molecule has 1 saturated carbocycles. The number of aromatic nitrogens is 1. The van der Waals surface area contributed by atoms with Gasteiger partial charge in [-0.3, -0.25) is 4.79 Å². The maximum atomic E-state index is 13.4. The molecule has 0 bridgehead atoms. The standard InChI is InChI=1S/C33H35F3N2O5/c1-40-26-14-10-22(30(19-26)41-2)20-38-24(13-17-31(38)39)18-27(21-8-11-23(12-9-21)33(34,35)36)28-15-16-29(32(37-28)42-3)43-25-6-4-5-7-25/h8-12,14-16,18-19,24-25H,4-7,13,17,20H2,1-3H3/t24-/m1/s1. The van der Waals surface area contributed by atoms with Gasteiger partial charge < -0.3 is 23.8 Å². The van der Waals surface area contributed by atoms with Gasteiger partial charge in [0, 0.05) is 30.2 Å². The van der Waals surface area contributed by atoms with E-state index in [1.165, 1.54) is 19.2 Å². The fourth-order valence-electron chi connectivity index (χ4n) is 5.66. The number of halogens is 3. The molecule has 3 aromatic rings. The topological polar surface area (TPSA) is 70.1 Å². The number of hydrogen-bond donors (Lipinski definition) is 0. The summed E-state index contributed by atoms with van der Waals surface area (Å²) in [6.07, 6.45) is 2.57. The lowest BCUT2D eigenvalue weighted by molar-refractivity contribution is -0.137. The minimum absolute atomic E-state index is 0.0308. The van der Waals surface area contributed by atoms with Crippen molar-refractivity contribution in [2.45, 2.75) is 63.4 Å². The number of likely N-dealkylation sites (tertiary alicyclic amines) is 1. The van der Waals surface area contributed by atoms with Gasteiger partial charge in [-0.2, -0.15) is 13.2 Å². The molecule has 1 aromatic heterocycles. The highest BCUT2D eigenvalue weighted by molar-refractivity contribution is 5.83. The summed E-state index contributed by atoms with van der Waals surface area (Å²) in [7, 11) is 4.64. The minimum Gasteiger partial charge on any atom is -0.497 e. The fourth-order valence-corrected chi connectivity index (χ4v) is 5.66. The SMILES string of the molecule is COc1ccc(CN2C(=O)CC[C@@H]2C=C(c2ccc(C(F)(F)F)cc2)c2ccc(OC3CCCC3)c(OC)n2)c(OC)c1. The van der Waals surface area contributed by atoms with E-state index in [0.717, 1.165) is 43.4 Å². The normalized spacial score (nSPS) is 17.8. The van der Waals surface area contributed by atoms with Crippen LogP contribution in [0.4, 0.5) is 13.2 Å². The zero-order valence-electron chi connectivity index (χ0n) is 24.4. The second-order valence-corrected chi connectivity index (χ2v) is 10.7. The van der Waals surface area contributed by atoms with Crippen LogP contribution in [0.3, 0.4) is 0 Å². The van der Waals surface area contributed by atoms with Crippen molar-refractivity contribution in [3.63, 3.8) is 0 Å². The van der Waals surface area contributed by atoms with E-state index in [2.05, 4.69) is 0 Å². The van der Waals surface area contributed by atoms with Crippen LogP contribution in [0.15, 0.2) is 60.7 Å². The van der Waals surface area contributed by atoms with Crippen molar-refractivity contribution < 1.29 is 36.9 Å². The van der Waals surface area contributed by atoms with Crippen LogP contribution >= 0.6 is 0 Å². The highest BCUT2D eigenvalue weighted by Crippen LogP contribution is 2.37. The van der Waals surface area contributed by atoms with Crippen LogP contribution in [0, 0.1) is 0 Å². The molecular weight excluding hydrogens is 561 g/mol. The maximum Gasteiger partial charge on any atom is 0.416 e. The van der Waals surface area contributed by atoms with Crippen LogP contribution in [0.5, 0.6) is 23.1 Å². The van der Waals surface area contributed by atoms with E-state index in [0.29, 0.717) is 59.3 Å². The van der Waals surface area contributed by atoms with Gasteiger partial charge in [0.25, 0.3) is 5.88 Å². The first kappa shape index (κ1) is 30.3. The Kier molecular flexibility index (Phi) is 9.13. The quantitative estimate of drug-likeness (QED) is 0.249. The summed E-state index contributed by atoms with van der Waals surface area (Å²) in [5.74, 6) is 2.01. The van der Waals surface area contributed by atoms with Gasteiger partial charge in [-0.15, -0.1) is 0 Å². The average Bonchev–Trinajstić information content (AvgIpc) is 3.65. The van der Waals surface area contributed by atoms with E-state index in [1.807, 2.05) is 18.2 Å². The summed E-state index contributed by atoms with van der Waals surface area (Å²) in [5.41, 5.74) is 1.68. The summed E-state index contributed by atoms with van der Waals surface area (Å²) < 4.78 is 62.7. The Hall–Kier alpha value is -4.21. The number of benzene rings is 2. The van der Waals surface area contributed by atoms with Crippen LogP contribution in [-0.4, -0.2) is 49.3 Å². The number of carbonyl (C=O) groups excluding carboxylic acids is 1. The fraction of sp³-hybridized carbons (Fsp3) is 0.394. The molecule has 1 saturated heterocycles. The first-order valence-corrected chi connectivity index (χ1v) is 14.3. The van der Waals surface area contributed by atoms with Gasteiger partial charge in [0.15, 0.2) is 5.75 Å². The number of methoxy groups -OCH3 is 3. The molecule has 0 N–H and O–H groups in total. The third-order valence-corrected chi connectivity index (χ3v) is 7.98. The molecule has 0 radical (unpaired) electrons. The number of hydrogen-bond acceptors (Lipinski definition) is 6. The first-order valence-electron chi connectivity index (χ1n) is 14.3. The predicted molar refractivity (Wildman–Crippen MR) is 155 cm³/mol. The average molecular weight is 597 g/mol. The molecule has 43 heavy (non-hydrogen) atoms. The van der Waals surface area contributed by atoms with Crippen LogP contribution in [0.25, 0.3) is 5.57 Å². The monoisotopic (exact) mass is 596 g/mol. The Morgan fingerprint density at radius 3 is 2.33 bits per heavy atom. The van der Waals surface area contributed by atoms with E-state index in [1.54, 1.807) is 37.3 Å². The summed E-state index contributed by atoms with van der Waals surface area (Å²) in [6, 6.07) is 13.6. The zero-order valence-corrected chi connectivity index (χ0v) is 24.4. The van der Waals surface area contributed by atoms with Crippen LogP contribution in [0.2, 0.25) is 0 Å². The second kappa shape index (κ2) is 13.0. The van der Waals surface area contributed by atoms with Gasteiger partial charge in [-0.25, -0.2) is 4.98 Å². The highest BCUT2D eigenvalue weighted by atomic mass is 19.4. The number of pyridine rings is 1. The van der Waals surface area contributed by atoms with Crippen molar-refractivity contribution in [2.24, 2.45) is 0 Å². The zero-order chi connectivity index (χ0) is 30.6. The molecule has 2 aromatic carbocycles. The Bertz CT molecular complexity index is 1470. The molecule has 228 valence electrons. The third kappa shape index (κ3) is 6.89. The molecule has 7 nitrogen and oxygen atoms in total.